The van der Waals surface area contributed by atoms with E-state index in [0.29, 0.717) is 5.69 Å². The van der Waals surface area contributed by atoms with E-state index in [9.17, 15) is 8.78 Å². The van der Waals surface area contributed by atoms with Crippen molar-refractivity contribution < 1.29 is 8.78 Å². The predicted molar refractivity (Wildman–Crippen MR) is 55.5 cm³/mol. The van der Waals surface area contributed by atoms with Crippen molar-refractivity contribution in [3.8, 4) is 5.69 Å². The molecule has 0 radical (unpaired) electrons. The van der Waals surface area contributed by atoms with E-state index in [1.54, 1.807) is 6.92 Å². The number of hydrogen-bond acceptors (Lipinski definition) is 2. The van der Waals surface area contributed by atoms with Gasteiger partial charge in [0.2, 0.25) is 0 Å². The van der Waals surface area contributed by atoms with Gasteiger partial charge in [-0.2, -0.15) is 0 Å². The number of alkyl halides is 1. The minimum Gasteiger partial charge on any atom is -0.217 e. The number of aromatic nitrogens is 3. The fourth-order valence-corrected chi connectivity index (χ4v) is 1.34. The molecule has 0 aliphatic rings. The molecular formula is C10H8ClF2N3. The maximum Gasteiger partial charge on any atom is 0.149 e. The van der Waals surface area contributed by atoms with Gasteiger partial charge in [-0.3, -0.25) is 0 Å². The van der Waals surface area contributed by atoms with Gasteiger partial charge in [-0.1, -0.05) is 5.21 Å². The molecular weight excluding hydrogens is 236 g/mol. The molecule has 0 aliphatic carbocycles. The Labute approximate surface area is 95.6 Å². The first-order valence-electron chi connectivity index (χ1n) is 4.59. The van der Waals surface area contributed by atoms with Gasteiger partial charge < -0.3 is 0 Å². The number of nitrogens with zero attached hydrogens (tertiary/aromatic N) is 3. The van der Waals surface area contributed by atoms with Crippen LogP contribution in [0.2, 0.25) is 0 Å². The van der Waals surface area contributed by atoms with Gasteiger partial charge in [0.25, 0.3) is 0 Å². The standard InChI is InChI=1S/C10H8ClF2N3/c1-6(11)9-5-16(15-14-9)10-4-7(12)2-3-8(10)13/h2-6H,1H3. The third-order valence-corrected chi connectivity index (χ3v) is 2.30. The topological polar surface area (TPSA) is 30.7 Å². The first kappa shape index (κ1) is 11.0. The monoisotopic (exact) mass is 243 g/mol. The third kappa shape index (κ3) is 2.04. The fraction of sp³-hybridized carbons (Fsp3) is 0.200. The van der Waals surface area contributed by atoms with Crippen molar-refractivity contribution in [2.75, 3.05) is 0 Å². The van der Waals surface area contributed by atoms with Crippen molar-refractivity contribution >= 4 is 11.6 Å². The van der Waals surface area contributed by atoms with Crippen LogP contribution in [0.4, 0.5) is 8.78 Å². The summed E-state index contributed by atoms with van der Waals surface area (Å²) in [6.07, 6.45) is 1.47. The van der Waals surface area contributed by atoms with Crippen molar-refractivity contribution in [2.45, 2.75) is 12.3 Å². The Morgan fingerprint density at radius 2 is 2.12 bits per heavy atom. The van der Waals surface area contributed by atoms with Crippen LogP contribution in [0.25, 0.3) is 5.69 Å². The average Bonchev–Trinajstić information content (AvgIpc) is 2.70. The molecule has 0 fully saturated rings. The minimum absolute atomic E-state index is 0.0102. The second kappa shape index (κ2) is 4.17. The molecule has 3 nitrogen and oxygen atoms in total. The molecule has 0 amide bonds. The van der Waals surface area contributed by atoms with Crippen molar-refractivity contribution in [3.05, 3.63) is 41.7 Å². The van der Waals surface area contributed by atoms with Gasteiger partial charge in [-0.25, -0.2) is 13.5 Å². The third-order valence-electron chi connectivity index (χ3n) is 2.07. The van der Waals surface area contributed by atoms with Crippen LogP contribution in [0.5, 0.6) is 0 Å². The van der Waals surface area contributed by atoms with Gasteiger partial charge in [-0.15, -0.1) is 16.7 Å². The molecule has 1 heterocycles. The highest BCUT2D eigenvalue weighted by Crippen LogP contribution is 2.19. The zero-order valence-electron chi connectivity index (χ0n) is 8.36. The summed E-state index contributed by atoms with van der Waals surface area (Å²) in [5, 5.41) is 7.11. The van der Waals surface area contributed by atoms with E-state index in [-0.39, 0.29) is 11.1 Å². The van der Waals surface area contributed by atoms with Crippen molar-refractivity contribution in [1.82, 2.24) is 15.0 Å². The van der Waals surface area contributed by atoms with E-state index in [1.165, 1.54) is 6.20 Å². The largest absolute Gasteiger partial charge is 0.217 e. The maximum atomic E-state index is 13.4. The molecule has 16 heavy (non-hydrogen) atoms. The maximum absolute atomic E-state index is 13.4. The molecule has 0 saturated carbocycles. The highest BCUT2D eigenvalue weighted by molar-refractivity contribution is 6.20. The summed E-state index contributed by atoms with van der Waals surface area (Å²) in [7, 11) is 0. The zero-order valence-corrected chi connectivity index (χ0v) is 9.12. The molecule has 1 unspecified atom stereocenters. The Morgan fingerprint density at radius 1 is 1.38 bits per heavy atom. The van der Waals surface area contributed by atoms with Crippen LogP contribution >= 0.6 is 11.6 Å². The Hall–Kier alpha value is -1.49. The Morgan fingerprint density at radius 3 is 2.75 bits per heavy atom. The second-order valence-electron chi connectivity index (χ2n) is 3.30. The normalized spacial score (nSPS) is 12.8. The molecule has 1 atom stereocenters. The highest BCUT2D eigenvalue weighted by atomic mass is 35.5. The first-order chi connectivity index (χ1) is 7.58. The molecule has 6 heteroatoms. The first-order valence-corrected chi connectivity index (χ1v) is 5.03. The summed E-state index contributed by atoms with van der Waals surface area (Å²) in [4.78, 5) is 0. The van der Waals surface area contributed by atoms with E-state index >= 15 is 0 Å². The summed E-state index contributed by atoms with van der Waals surface area (Å²) in [6, 6.07) is 3.13. The molecule has 84 valence electrons. The van der Waals surface area contributed by atoms with Crippen LogP contribution in [0.3, 0.4) is 0 Å². The lowest BCUT2D eigenvalue weighted by atomic mass is 10.3. The second-order valence-corrected chi connectivity index (χ2v) is 3.95. The Kier molecular flexibility index (Phi) is 2.87. The summed E-state index contributed by atoms with van der Waals surface area (Å²) in [5.41, 5.74) is 0.515. The van der Waals surface area contributed by atoms with Gasteiger partial charge in [0.15, 0.2) is 0 Å². The molecule has 1 aromatic heterocycles. The van der Waals surface area contributed by atoms with Crippen LogP contribution in [-0.2, 0) is 0 Å². The molecule has 0 N–H and O–H groups in total. The summed E-state index contributed by atoms with van der Waals surface area (Å²) in [6.45, 7) is 1.72. The molecule has 0 bridgehead atoms. The Balaban J connectivity index is 2.46. The quantitative estimate of drug-likeness (QED) is 0.760. The number of hydrogen-bond donors (Lipinski definition) is 0. The van der Waals surface area contributed by atoms with Crippen molar-refractivity contribution in [3.63, 3.8) is 0 Å². The van der Waals surface area contributed by atoms with Crippen LogP contribution in [0.15, 0.2) is 24.4 Å². The van der Waals surface area contributed by atoms with Crippen molar-refractivity contribution in [1.29, 1.82) is 0 Å². The molecule has 2 aromatic rings. The lowest BCUT2D eigenvalue weighted by Gasteiger charge is -2.01. The number of halogens is 3. The van der Waals surface area contributed by atoms with E-state index in [4.69, 9.17) is 11.6 Å². The van der Waals surface area contributed by atoms with Crippen LogP contribution < -0.4 is 0 Å². The average molecular weight is 244 g/mol. The zero-order chi connectivity index (χ0) is 11.7. The van der Waals surface area contributed by atoms with Crippen LogP contribution in [-0.4, -0.2) is 15.0 Å². The van der Waals surface area contributed by atoms with Gasteiger partial charge in [-0.05, 0) is 19.1 Å². The molecule has 0 spiro atoms. The lowest BCUT2D eigenvalue weighted by molar-refractivity contribution is 0.584. The summed E-state index contributed by atoms with van der Waals surface area (Å²) >= 11 is 5.79. The van der Waals surface area contributed by atoms with Crippen LogP contribution in [0, 0.1) is 11.6 Å². The number of rotatable bonds is 2. The highest BCUT2D eigenvalue weighted by Gasteiger charge is 2.11. The van der Waals surface area contributed by atoms with E-state index < -0.39 is 11.6 Å². The lowest BCUT2D eigenvalue weighted by Crippen LogP contribution is -1.99. The molecule has 1 aromatic carbocycles. The van der Waals surface area contributed by atoms with Gasteiger partial charge in [0, 0.05) is 6.07 Å². The fourth-order valence-electron chi connectivity index (χ4n) is 1.24. The predicted octanol–water partition coefficient (Wildman–Crippen LogP) is 2.85. The van der Waals surface area contributed by atoms with Gasteiger partial charge in [0.1, 0.15) is 23.0 Å². The Bertz CT molecular complexity index is 511. The SMILES string of the molecule is CC(Cl)c1cn(-c2cc(F)ccc2F)nn1. The minimum atomic E-state index is -0.569. The summed E-state index contributed by atoms with van der Waals surface area (Å²) < 4.78 is 27.5. The van der Waals surface area contributed by atoms with Crippen LogP contribution in [0.1, 0.15) is 18.0 Å². The molecule has 2 rings (SSSR count). The number of benzene rings is 1. The van der Waals surface area contributed by atoms with Gasteiger partial charge >= 0.3 is 0 Å². The van der Waals surface area contributed by atoms with Gasteiger partial charge in [0.05, 0.1) is 11.6 Å². The van der Waals surface area contributed by atoms with E-state index in [2.05, 4.69) is 10.3 Å². The molecule has 0 saturated heterocycles. The molecule has 0 aliphatic heterocycles. The van der Waals surface area contributed by atoms with Crippen molar-refractivity contribution in [2.24, 2.45) is 0 Å². The van der Waals surface area contributed by atoms with E-state index in [1.807, 2.05) is 0 Å². The van der Waals surface area contributed by atoms with E-state index in [0.717, 1.165) is 22.9 Å². The smallest absolute Gasteiger partial charge is 0.149 e. The summed E-state index contributed by atoms with van der Waals surface area (Å²) in [5.74, 6) is -1.10.